The number of benzene rings is 2. The van der Waals surface area contributed by atoms with Crippen LogP contribution in [0.2, 0.25) is 10.0 Å². The Labute approximate surface area is 123 Å². The molecule has 0 radical (unpaired) electrons. The Bertz CT molecular complexity index is 780. The fourth-order valence-corrected chi connectivity index (χ4v) is 2.32. The van der Waals surface area contributed by atoms with Crippen molar-refractivity contribution in [3.8, 4) is 0 Å². The minimum Gasteiger partial charge on any atom is -0.423 e. The van der Waals surface area contributed by atoms with Crippen LogP contribution >= 0.6 is 23.2 Å². The fourth-order valence-electron chi connectivity index (χ4n) is 1.77. The predicted molar refractivity (Wildman–Crippen MR) is 78.1 cm³/mol. The molecule has 0 saturated heterocycles. The number of nitrogens with one attached hydrogen (secondary N) is 1. The van der Waals surface area contributed by atoms with Gasteiger partial charge in [-0.1, -0.05) is 23.2 Å². The van der Waals surface area contributed by atoms with Gasteiger partial charge in [-0.05, 0) is 30.3 Å². The molecule has 3 N–H and O–H groups in total. The van der Waals surface area contributed by atoms with Crippen molar-refractivity contribution in [3.05, 3.63) is 46.2 Å². The molecule has 3 aromatic rings. The number of aromatic nitrogens is 1. The lowest BCUT2D eigenvalue weighted by Crippen LogP contribution is -1.93. The average molecular weight is 312 g/mol. The predicted octanol–water partition coefficient (Wildman–Crippen LogP) is 4.60. The molecule has 0 aliphatic rings. The standard InChI is InChI=1S/C13H8Cl2FN3O/c14-8-3-6(16)4-9(15)12(8)19-13-18-10-5-7(17)1-2-11(10)20-13/h1-5H,17H2,(H,18,19). The van der Waals surface area contributed by atoms with E-state index in [9.17, 15) is 4.39 Å². The summed E-state index contributed by atoms with van der Waals surface area (Å²) in [6.45, 7) is 0. The summed E-state index contributed by atoms with van der Waals surface area (Å²) in [4.78, 5) is 4.20. The lowest BCUT2D eigenvalue weighted by Gasteiger charge is -2.06. The number of oxazole rings is 1. The Kier molecular flexibility index (Phi) is 3.16. The van der Waals surface area contributed by atoms with Crippen molar-refractivity contribution in [1.29, 1.82) is 0 Å². The van der Waals surface area contributed by atoms with Crippen molar-refractivity contribution in [2.45, 2.75) is 0 Å². The molecule has 0 unspecified atom stereocenters. The van der Waals surface area contributed by atoms with Crippen molar-refractivity contribution < 1.29 is 8.81 Å². The molecule has 7 heteroatoms. The first-order chi connectivity index (χ1) is 9.52. The molecule has 102 valence electrons. The van der Waals surface area contributed by atoms with Gasteiger partial charge in [0.2, 0.25) is 0 Å². The number of nitrogens with zero attached hydrogens (tertiary/aromatic N) is 1. The maximum Gasteiger partial charge on any atom is 0.300 e. The van der Waals surface area contributed by atoms with Crippen LogP contribution in [0.25, 0.3) is 11.1 Å². The van der Waals surface area contributed by atoms with Crippen molar-refractivity contribution in [2.24, 2.45) is 0 Å². The highest BCUT2D eigenvalue weighted by Crippen LogP contribution is 2.34. The van der Waals surface area contributed by atoms with Crippen molar-refractivity contribution in [3.63, 3.8) is 0 Å². The first-order valence-electron chi connectivity index (χ1n) is 5.60. The lowest BCUT2D eigenvalue weighted by molar-refractivity contribution is 0.621. The van der Waals surface area contributed by atoms with Crippen LogP contribution in [0, 0.1) is 5.82 Å². The van der Waals surface area contributed by atoms with Crippen LogP contribution < -0.4 is 11.1 Å². The highest BCUT2D eigenvalue weighted by atomic mass is 35.5. The Morgan fingerprint density at radius 2 is 1.85 bits per heavy atom. The van der Waals surface area contributed by atoms with Gasteiger partial charge in [-0.25, -0.2) is 4.39 Å². The maximum absolute atomic E-state index is 13.1. The smallest absolute Gasteiger partial charge is 0.300 e. The molecule has 2 aromatic carbocycles. The molecule has 3 rings (SSSR count). The van der Waals surface area contributed by atoms with Crippen molar-refractivity contribution in [1.82, 2.24) is 4.98 Å². The first kappa shape index (κ1) is 13.0. The van der Waals surface area contributed by atoms with E-state index in [1.54, 1.807) is 18.2 Å². The Morgan fingerprint density at radius 1 is 1.15 bits per heavy atom. The van der Waals surface area contributed by atoms with Gasteiger partial charge in [-0.15, -0.1) is 0 Å². The van der Waals surface area contributed by atoms with E-state index in [1.807, 2.05) is 0 Å². The van der Waals surface area contributed by atoms with E-state index in [0.29, 0.717) is 22.5 Å². The van der Waals surface area contributed by atoms with Gasteiger partial charge in [-0.2, -0.15) is 4.98 Å². The zero-order chi connectivity index (χ0) is 14.3. The number of anilines is 3. The van der Waals surface area contributed by atoms with Gasteiger partial charge in [-0.3, -0.25) is 0 Å². The molecule has 0 aliphatic heterocycles. The molecule has 0 amide bonds. The number of fused-ring (bicyclic) bond motifs is 1. The average Bonchev–Trinajstić information content (AvgIpc) is 2.75. The molecule has 0 bridgehead atoms. The molecule has 1 aromatic heterocycles. The summed E-state index contributed by atoms with van der Waals surface area (Å²) in [6.07, 6.45) is 0. The van der Waals surface area contributed by atoms with Crippen LogP contribution in [-0.2, 0) is 0 Å². The van der Waals surface area contributed by atoms with E-state index in [1.165, 1.54) is 0 Å². The van der Waals surface area contributed by atoms with E-state index in [4.69, 9.17) is 33.4 Å². The second-order valence-electron chi connectivity index (χ2n) is 4.12. The van der Waals surface area contributed by atoms with Gasteiger partial charge in [0.1, 0.15) is 11.3 Å². The second-order valence-corrected chi connectivity index (χ2v) is 4.93. The number of halogens is 3. The number of hydrogen-bond donors (Lipinski definition) is 2. The fraction of sp³-hybridized carbons (Fsp3) is 0. The summed E-state index contributed by atoms with van der Waals surface area (Å²) in [6, 6.07) is 7.58. The Morgan fingerprint density at radius 3 is 2.55 bits per heavy atom. The largest absolute Gasteiger partial charge is 0.423 e. The molecule has 0 atom stereocenters. The maximum atomic E-state index is 13.1. The highest BCUT2D eigenvalue weighted by molar-refractivity contribution is 6.39. The van der Waals surface area contributed by atoms with Crippen molar-refractivity contribution in [2.75, 3.05) is 11.1 Å². The topological polar surface area (TPSA) is 64.1 Å². The van der Waals surface area contributed by atoms with Gasteiger partial charge in [0.15, 0.2) is 5.58 Å². The minimum atomic E-state index is -0.518. The van der Waals surface area contributed by atoms with Gasteiger partial charge < -0.3 is 15.5 Å². The van der Waals surface area contributed by atoms with Gasteiger partial charge in [0.25, 0.3) is 6.01 Å². The zero-order valence-corrected chi connectivity index (χ0v) is 11.5. The summed E-state index contributed by atoms with van der Waals surface area (Å²) < 4.78 is 18.6. The summed E-state index contributed by atoms with van der Waals surface area (Å²) in [7, 11) is 0. The second kappa shape index (κ2) is 4.85. The molecule has 4 nitrogen and oxygen atoms in total. The summed E-state index contributed by atoms with van der Waals surface area (Å²) in [5, 5.41) is 3.10. The summed E-state index contributed by atoms with van der Waals surface area (Å²) in [5.41, 5.74) is 7.74. The summed E-state index contributed by atoms with van der Waals surface area (Å²) in [5.74, 6) is -0.518. The third kappa shape index (κ3) is 2.37. The quantitative estimate of drug-likeness (QED) is 0.679. The third-order valence-electron chi connectivity index (χ3n) is 2.65. The van der Waals surface area contributed by atoms with Gasteiger partial charge in [0, 0.05) is 5.69 Å². The molecule has 20 heavy (non-hydrogen) atoms. The molecule has 0 spiro atoms. The van der Waals surface area contributed by atoms with E-state index >= 15 is 0 Å². The SMILES string of the molecule is Nc1ccc2oc(Nc3c(Cl)cc(F)cc3Cl)nc2c1. The number of rotatable bonds is 2. The molecular weight excluding hydrogens is 304 g/mol. The van der Waals surface area contributed by atoms with Gasteiger partial charge >= 0.3 is 0 Å². The van der Waals surface area contributed by atoms with E-state index in [-0.39, 0.29) is 16.1 Å². The van der Waals surface area contributed by atoms with Gasteiger partial charge in [0.05, 0.1) is 15.7 Å². The molecule has 0 aliphatic carbocycles. The number of nitrogens with two attached hydrogens (primary N) is 1. The zero-order valence-electron chi connectivity index (χ0n) is 9.95. The van der Waals surface area contributed by atoms with E-state index in [2.05, 4.69) is 10.3 Å². The van der Waals surface area contributed by atoms with Crippen molar-refractivity contribution >= 4 is 51.7 Å². The monoisotopic (exact) mass is 311 g/mol. The highest BCUT2D eigenvalue weighted by Gasteiger charge is 2.12. The third-order valence-corrected chi connectivity index (χ3v) is 3.25. The Hall–Kier alpha value is -1.98. The Balaban J connectivity index is 2.01. The molecule has 0 saturated carbocycles. The summed E-state index contributed by atoms with van der Waals surface area (Å²) >= 11 is 11.9. The van der Waals surface area contributed by atoms with Crippen LogP contribution in [0.3, 0.4) is 0 Å². The van der Waals surface area contributed by atoms with E-state index in [0.717, 1.165) is 12.1 Å². The van der Waals surface area contributed by atoms with Crippen LogP contribution in [0.4, 0.5) is 21.8 Å². The van der Waals surface area contributed by atoms with Crippen LogP contribution in [-0.4, -0.2) is 4.98 Å². The molecular formula is C13H8Cl2FN3O. The minimum absolute atomic E-state index is 0.136. The molecule has 1 heterocycles. The molecule has 0 fully saturated rings. The number of nitrogen functional groups attached to an aromatic ring is 1. The van der Waals surface area contributed by atoms with E-state index < -0.39 is 5.82 Å². The van der Waals surface area contributed by atoms with Crippen LogP contribution in [0.1, 0.15) is 0 Å². The normalized spacial score (nSPS) is 10.9. The van der Waals surface area contributed by atoms with Crippen LogP contribution in [0.15, 0.2) is 34.7 Å². The van der Waals surface area contributed by atoms with Crippen LogP contribution in [0.5, 0.6) is 0 Å². The number of hydrogen-bond acceptors (Lipinski definition) is 4. The first-order valence-corrected chi connectivity index (χ1v) is 6.36. The lowest BCUT2D eigenvalue weighted by atomic mass is 10.3.